The first-order valence-electron chi connectivity index (χ1n) is 5.22. The number of hydrogen-bond donors (Lipinski definition) is 1. The van der Waals surface area contributed by atoms with Gasteiger partial charge in [-0.3, -0.25) is 0 Å². The maximum atomic E-state index is 11.8. The molecule has 0 unspecified atom stereocenters. The number of rotatable bonds is 2. The lowest BCUT2D eigenvalue weighted by Crippen LogP contribution is -2.46. The van der Waals surface area contributed by atoms with Gasteiger partial charge in [0.1, 0.15) is 0 Å². The molecular formula is C11H19N3OS. The molecule has 1 aromatic rings. The molecule has 16 heavy (non-hydrogen) atoms. The first kappa shape index (κ1) is 13.0. The highest BCUT2D eigenvalue weighted by Gasteiger charge is 2.17. The number of amides is 2. The Labute approximate surface area is 101 Å². The zero-order valence-electron chi connectivity index (χ0n) is 10.5. The highest BCUT2D eigenvalue weighted by atomic mass is 32.1. The maximum Gasteiger partial charge on any atom is 0.317 e. The number of carbonyl (C=O) groups excluding carboxylic acids is 1. The average Bonchev–Trinajstić information content (AvgIpc) is 2.48. The van der Waals surface area contributed by atoms with Gasteiger partial charge < -0.3 is 10.2 Å². The molecule has 0 spiro atoms. The summed E-state index contributed by atoms with van der Waals surface area (Å²) < 4.78 is 0. The van der Waals surface area contributed by atoms with Gasteiger partial charge in [-0.25, -0.2) is 9.78 Å². The number of nitrogens with zero attached hydrogens (tertiary/aromatic N) is 2. The van der Waals surface area contributed by atoms with Crippen molar-refractivity contribution in [2.24, 2.45) is 0 Å². The van der Waals surface area contributed by atoms with Gasteiger partial charge in [-0.2, -0.15) is 0 Å². The summed E-state index contributed by atoms with van der Waals surface area (Å²) in [6.07, 6.45) is 0. The zero-order valence-corrected chi connectivity index (χ0v) is 11.3. The Balaban J connectivity index is 2.52. The molecule has 0 aromatic carbocycles. The smallest absolute Gasteiger partial charge is 0.317 e. The Kier molecular flexibility index (Phi) is 3.91. The lowest BCUT2D eigenvalue weighted by molar-refractivity contribution is 0.197. The van der Waals surface area contributed by atoms with Crippen molar-refractivity contribution in [3.63, 3.8) is 0 Å². The van der Waals surface area contributed by atoms with Crippen LogP contribution in [-0.2, 0) is 6.54 Å². The van der Waals surface area contributed by atoms with Crippen molar-refractivity contribution < 1.29 is 4.79 Å². The van der Waals surface area contributed by atoms with Crippen LogP contribution < -0.4 is 5.32 Å². The molecule has 0 atom stereocenters. The van der Waals surface area contributed by atoms with E-state index in [0.29, 0.717) is 6.54 Å². The fraction of sp³-hybridized carbons (Fsp3) is 0.636. The van der Waals surface area contributed by atoms with Crippen LogP contribution >= 0.6 is 11.3 Å². The molecule has 0 aliphatic heterocycles. The molecule has 1 aromatic heterocycles. The summed E-state index contributed by atoms with van der Waals surface area (Å²) in [5, 5.41) is 5.92. The standard InChI is InChI=1S/C11H19N3OS/c1-8-12-9(7-16-8)6-14(5)10(15)13-11(2,3)4/h7H,6H2,1-5H3,(H,13,15). The van der Waals surface area contributed by atoms with Crippen molar-refractivity contribution in [1.82, 2.24) is 15.2 Å². The summed E-state index contributed by atoms with van der Waals surface area (Å²) in [5.41, 5.74) is 0.734. The van der Waals surface area contributed by atoms with Gasteiger partial charge in [-0.1, -0.05) is 0 Å². The van der Waals surface area contributed by atoms with E-state index < -0.39 is 0 Å². The van der Waals surface area contributed by atoms with E-state index in [2.05, 4.69) is 10.3 Å². The van der Waals surface area contributed by atoms with Crippen LogP contribution in [0.15, 0.2) is 5.38 Å². The normalized spacial score (nSPS) is 11.3. The molecule has 4 nitrogen and oxygen atoms in total. The second-order valence-electron chi connectivity index (χ2n) is 4.89. The topological polar surface area (TPSA) is 45.2 Å². The molecule has 90 valence electrons. The van der Waals surface area contributed by atoms with E-state index >= 15 is 0 Å². The lowest BCUT2D eigenvalue weighted by atomic mass is 10.1. The fourth-order valence-electron chi connectivity index (χ4n) is 1.21. The summed E-state index contributed by atoms with van der Waals surface area (Å²) in [7, 11) is 1.77. The van der Waals surface area contributed by atoms with Gasteiger partial charge in [0.15, 0.2) is 0 Å². The van der Waals surface area contributed by atoms with Crippen LogP contribution in [0.5, 0.6) is 0 Å². The van der Waals surface area contributed by atoms with Gasteiger partial charge in [0, 0.05) is 18.0 Å². The third-order valence-electron chi connectivity index (χ3n) is 1.89. The van der Waals surface area contributed by atoms with Crippen LogP contribution in [-0.4, -0.2) is 28.5 Å². The van der Waals surface area contributed by atoms with Crippen molar-refractivity contribution in [3.05, 3.63) is 16.1 Å². The van der Waals surface area contributed by atoms with Crippen LogP contribution in [0.1, 0.15) is 31.5 Å². The molecule has 0 fully saturated rings. The fourth-order valence-corrected chi connectivity index (χ4v) is 1.82. The zero-order chi connectivity index (χ0) is 12.3. The molecule has 0 saturated carbocycles. The number of hydrogen-bond acceptors (Lipinski definition) is 3. The van der Waals surface area contributed by atoms with Gasteiger partial charge in [-0.15, -0.1) is 11.3 Å². The maximum absolute atomic E-state index is 11.8. The van der Waals surface area contributed by atoms with Gasteiger partial charge in [0.05, 0.1) is 17.2 Å². The molecule has 2 amide bonds. The first-order chi connectivity index (χ1) is 7.28. The molecule has 1 heterocycles. The van der Waals surface area contributed by atoms with Gasteiger partial charge in [-0.05, 0) is 27.7 Å². The van der Waals surface area contributed by atoms with E-state index in [-0.39, 0.29) is 11.6 Å². The van der Waals surface area contributed by atoms with Crippen molar-refractivity contribution in [3.8, 4) is 0 Å². The van der Waals surface area contributed by atoms with Crippen molar-refractivity contribution in [1.29, 1.82) is 0 Å². The van der Waals surface area contributed by atoms with Crippen molar-refractivity contribution in [2.75, 3.05) is 7.05 Å². The van der Waals surface area contributed by atoms with Crippen LogP contribution in [0.3, 0.4) is 0 Å². The highest BCUT2D eigenvalue weighted by Crippen LogP contribution is 2.10. The minimum Gasteiger partial charge on any atom is -0.333 e. The van der Waals surface area contributed by atoms with Gasteiger partial charge in [0.2, 0.25) is 0 Å². The lowest BCUT2D eigenvalue weighted by Gasteiger charge is -2.25. The molecule has 0 aliphatic carbocycles. The molecular weight excluding hydrogens is 222 g/mol. The Bertz CT molecular complexity index is 368. The third kappa shape index (κ3) is 4.18. The minimum absolute atomic E-state index is 0.0712. The monoisotopic (exact) mass is 241 g/mol. The third-order valence-corrected chi connectivity index (χ3v) is 2.72. The van der Waals surface area contributed by atoms with Gasteiger partial charge >= 0.3 is 6.03 Å². The summed E-state index contributed by atoms with van der Waals surface area (Å²) >= 11 is 1.60. The number of urea groups is 1. The molecule has 1 rings (SSSR count). The SMILES string of the molecule is Cc1nc(CN(C)C(=O)NC(C)(C)C)cs1. The van der Waals surface area contributed by atoms with E-state index in [1.54, 1.807) is 23.3 Å². The average molecular weight is 241 g/mol. The predicted molar refractivity (Wildman–Crippen MR) is 66.6 cm³/mol. The van der Waals surface area contributed by atoms with Crippen LogP contribution in [0.2, 0.25) is 0 Å². The Morgan fingerprint density at radius 1 is 1.56 bits per heavy atom. The van der Waals surface area contributed by atoms with Crippen molar-refractivity contribution in [2.45, 2.75) is 39.8 Å². The predicted octanol–water partition coefficient (Wildman–Crippen LogP) is 2.39. The molecule has 0 saturated heterocycles. The molecule has 0 radical (unpaired) electrons. The van der Waals surface area contributed by atoms with E-state index in [0.717, 1.165) is 10.7 Å². The van der Waals surface area contributed by atoms with E-state index in [1.165, 1.54) is 0 Å². The number of carbonyl (C=O) groups is 1. The molecule has 5 heteroatoms. The summed E-state index contributed by atoms with van der Waals surface area (Å²) in [6, 6.07) is -0.0712. The molecule has 1 N–H and O–H groups in total. The molecule has 0 bridgehead atoms. The van der Waals surface area contributed by atoms with Gasteiger partial charge in [0.25, 0.3) is 0 Å². The minimum atomic E-state index is -0.205. The van der Waals surface area contributed by atoms with Crippen molar-refractivity contribution >= 4 is 17.4 Å². The number of nitrogens with one attached hydrogen (secondary N) is 1. The second kappa shape index (κ2) is 4.82. The van der Waals surface area contributed by atoms with Crippen LogP contribution in [0, 0.1) is 6.92 Å². The van der Waals surface area contributed by atoms with E-state index in [4.69, 9.17) is 0 Å². The largest absolute Gasteiger partial charge is 0.333 e. The molecule has 0 aliphatic rings. The van der Waals surface area contributed by atoms with E-state index in [9.17, 15) is 4.79 Å². The Morgan fingerprint density at radius 2 is 2.19 bits per heavy atom. The number of aryl methyl sites for hydroxylation is 1. The summed E-state index contributed by atoms with van der Waals surface area (Å²) in [4.78, 5) is 17.7. The van der Waals surface area contributed by atoms with Crippen LogP contribution in [0.25, 0.3) is 0 Å². The second-order valence-corrected chi connectivity index (χ2v) is 5.96. The first-order valence-corrected chi connectivity index (χ1v) is 6.10. The van der Waals surface area contributed by atoms with Crippen LogP contribution in [0.4, 0.5) is 4.79 Å². The number of thiazole rings is 1. The quantitative estimate of drug-likeness (QED) is 0.864. The van der Waals surface area contributed by atoms with E-state index in [1.807, 2.05) is 33.1 Å². The summed E-state index contributed by atoms with van der Waals surface area (Å²) in [6.45, 7) is 8.40. The Morgan fingerprint density at radius 3 is 2.62 bits per heavy atom. The summed E-state index contributed by atoms with van der Waals surface area (Å²) in [5.74, 6) is 0. The Hall–Kier alpha value is -1.10. The number of aromatic nitrogens is 1. The highest BCUT2D eigenvalue weighted by molar-refractivity contribution is 7.09.